The highest BCUT2D eigenvalue weighted by Crippen LogP contribution is 2.20. The molecule has 0 bridgehead atoms. The third kappa shape index (κ3) is 5.40. The molecule has 0 aliphatic rings. The molecule has 0 spiro atoms. The van der Waals surface area contributed by atoms with Crippen molar-refractivity contribution in [2.45, 2.75) is 24.9 Å². The molecule has 28 heavy (non-hydrogen) atoms. The average Bonchev–Trinajstić information content (AvgIpc) is 3.09. The van der Waals surface area contributed by atoms with Gasteiger partial charge in [-0.3, -0.25) is 4.79 Å². The number of aliphatic hydroxyl groups excluding tert-OH is 1. The Labute approximate surface area is 165 Å². The molecule has 2 aromatic carbocycles. The Hall–Kier alpha value is -2.71. The minimum Gasteiger partial charge on any atom is -0.390 e. The van der Waals surface area contributed by atoms with E-state index in [4.69, 9.17) is 0 Å². The predicted molar refractivity (Wildman–Crippen MR) is 103 cm³/mol. The number of hydrogen-bond acceptors (Lipinski definition) is 4. The summed E-state index contributed by atoms with van der Waals surface area (Å²) in [6.45, 7) is 0.535. The second-order valence-corrected chi connectivity index (χ2v) is 7.04. The molecule has 0 saturated carbocycles. The minimum absolute atomic E-state index is 0.145. The molecule has 0 fully saturated rings. The average molecular weight is 403 g/mol. The van der Waals surface area contributed by atoms with E-state index in [2.05, 4.69) is 10.3 Å². The van der Waals surface area contributed by atoms with Crippen LogP contribution in [-0.2, 0) is 24.5 Å². The molecular formula is C20H19F2N3O2S. The Balaban J connectivity index is 1.59. The molecule has 0 atom stereocenters. The van der Waals surface area contributed by atoms with Crippen molar-refractivity contribution in [3.8, 4) is 0 Å². The first-order valence-electron chi connectivity index (χ1n) is 8.59. The van der Waals surface area contributed by atoms with Gasteiger partial charge in [0.05, 0.1) is 24.3 Å². The number of rotatable bonds is 8. The minimum atomic E-state index is -0.321. The molecular weight excluding hydrogens is 384 g/mol. The third-order valence-electron chi connectivity index (χ3n) is 4.05. The van der Waals surface area contributed by atoms with Gasteiger partial charge in [0, 0.05) is 13.1 Å². The van der Waals surface area contributed by atoms with Crippen molar-refractivity contribution in [2.24, 2.45) is 0 Å². The molecule has 0 radical (unpaired) electrons. The highest BCUT2D eigenvalue weighted by molar-refractivity contribution is 7.99. The predicted octanol–water partition coefficient (Wildman–Crippen LogP) is 3.11. The lowest BCUT2D eigenvalue weighted by molar-refractivity contribution is -0.118. The van der Waals surface area contributed by atoms with E-state index in [1.54, 1.807) is 35.0 Å². The lowest BCUT2D eigenvalue weighted by Gasteiger charge is -2.11. The first-order chi connectivity index (χ1) is 13.5. The Morgan fingerprint density at radius 3 is 2.25 bits per heavy atom. The summed E-state index contributed by atoms with van der Waals surface area (Å²) in [7, 11) is 0. The van der Waals surface area contributed by atoms with E-state index in [9.17, 15) is 18.7 Å². The van der Waals surface area contributed by atoms with Gasteiger partial charge in [0.2, 0.25) is 5.91 Å². The number of imidazole rings is 1. The molecule has 0 aliphatic heterocycles. The van der Waals surface area contributed by atoms with Crippen molar-refractivity contribution in [1.82, 2.24) is 14.9 Å². The van der Waals surface area contributed by atoms with Crippen LogP contribution in [0.1, 0.15) is 16.8 Å². The van der Waals surface area contributed by atoms with Gasteiger partial charge in [-0.25, -0.2) is 13.8 Å². The van der Waals surface area contributed by atoms with Crippen molar-refractivity contribution >= 4 is 17.7 Å². The summed E-state index contributed by atoms with van der Waals surface area (Å²) in [4.78, 5) is 16.4. The van der Waals surface area contributed by atoms with E-state index in [0.717, 1.165) is 11.1 Å². The smallest absolute Gasteiger partial charge is 0.230 e. The molecule has 5 nitrogen and oxygen atoms in total. The van der Waals surface area contributed by atoms with Crippen LogP contribution in [0.4, 0.5) is 8.78 Å². The molecule has 3 aromatic rings. The van der Waals surface area contributed by atoms with Crippen LogP contribution in [0.5, 0.6) is 0 Å². The van der Waals surface area contributed by atoms with E-state index in [1.807, 2.05) is 0 Å². The van der Waals surface area contributed by atoms with Gasteiger partial charge in [-0.05, 0) is 35.4 Å². The number of aliphatic hydroxyl groups is 1. The summed E-state index contributed by atoms with van der Waals surface area (Å²) < 4.78 is 27.8. The lowest BCUT2D eigenvalue weighted by Crippen LogP contribution is -2.24. The number of hydrogen-bond donors (Lipinski definition) is 2. The molecule has 2 N–H and O–H groups in total. The number of nitrogens with zero attached hydrogens (tertiary/aromatic N) is 2. The van der Waals surface area contributed by atoms with Crippen LogP contribution in [0.3, 0.4) is 0 Å². The van der Waals surface area contributed by atoms with Gasteiger partial charge in [-0.1, -0.05) is 36.0 Å². The van der Waals surface area contributed by atoms with Crippen LogP contribution in [0.25, 0.3) is 0 Å². The lowest BCUT2D eigenvalue weighted by atomic mass is 10.2. The zero-order valence-corrected chi connectivity index (χ0v) is 15.8. The highest BCUT2D eigenvalue weighted by atomic mass is 32.2. The van der Waals surface area contributed by atoms with Gasteiger partial charge in [-0.2, -0.15) is 0 Å². The highest BCUT2D eigenvalue weighted by Gasteiger charge is 2.13. The van der Waals surface area contributed by atoms with Crippen LogP contribution >= 0.6 is 11.8 Å². The van der Waals surface area contributed by atoms with E-state index in [-0.39, 0.29) is 29.9 Å². The van der Waals surface area contributed by atoms with Gasteiger partial charge in [0.25, 0.3) is 0 Å². The fraction of sp³-hybridized carbons (Fsp3) is 0.200. The van der Waals surface area contributed by atoms with Crippen LogP contribution in [0.15, 0.2) is 59.9 Å². The second kappa shape index (κ2) is 9.48. The largest absolute Gasteiger partial charge is 0.390 e. The Morgan fingerprint density at radius 2 is 1.64 bits per heavy atom. The van der Waals surface area contributed by atoms with Crippen LogP contribution in [-0.4, -0.2) is 26.3 Å². The molecule has 8 heteroatoms. The Kier molecular flexibility index (Phi) is 6.78. The molecule has 3 rings (SSSR count). The summed E-state index contributed by atoms with van der Waals surface area (Å²) in [5.74, 6) is -0.675. The first-order valence-corrected chi connectivity index (χ1v) is 9.57. The fourth-order valence-electron chi connectivity index (χ4n) is 2.56. The van der Waals surface area contributed by atoms with Gasteiger partial charge >= 0.3 is 0 Å². The summed E-state index contributed by atoms with van der Waals surface area (Å²) in [5, 5.41) is 12.9. The number of nitrogens with one attached hydrogen (secondary N) is 1. The van der Waals surface area contributed by atoms with E-state index >= 15 is 0 Å². The van der Waals surface area contributed by atoms with Gasteiger partial charge in [0.15, 0.2) is 5.16 Å². The summed E-state index contributed by atoms with van der Waals surface area (Å²) in [6.07, 6.45) is 1.56. The zero-order valence-electron chi connectivity index (χ0n) is 14.9. The van der Waals surface area contributed by atoms with E-state index in [0.29, 0.717) is 23.9 Å². The maximum atomic E-state index is 13.1. The molecule has 1 aromatic heterocycles. The standard InChI is InChI=1S/C20H19F2N3O2S/c21-16-5-1-14(2-6-16)9-23-19(27)13-28-20-24-10-18(12-26)25(20)11-15-3-7-17(22)8-4-15/h1-8,10,26H,9,11-13H2,(H,23,27). The first kappa shape index (κ1) is 20.0. The Morgan fingerprint density at radius 1 is 1.04 bits per heavy atom. The van der Waals surface area contributed by atoms with Crippen molar-refractivity contribution in [3.05, 3.63) is 83.2 Å². The quantitative estimate of drug-likeness (QED) is 0.567. The summed E-state index contributed by atoms with van der Waals surface area (Å²) >= 11 is 1.25. The topological polar surface area (TPSA) is 67.1 Å². The van der Waals surface area contributed by atoms with E-state index < -0.39 is 0 Å². The van der Waals surface area contributed by atoms with Crippen LogP contribution in [0, 0.1) is 11.6 Å². The maximum absolute atomic E-state index is 13.1. The van der Waals surface area contributed by atoms with Crippen molar-refractivity contribution in [2.75, 3.05) is 5.75 Å². The molecule has 0 unspecified atom stereocenters. The second-order valence-electron chi connectivity index (χ2n) is 6.09. The van der Waals surface area contributed by atoms with Gasteiger partial charge in [0.1, 0.15) is 11.6 Å². The number of thioether (sulfide) groups is 1. The van der Waals surface area contributed by atoms with E-state index in [1.165, 1.54) is 36.0 Å². The Bertz CT molecular complexity index is 928. The molecule has 1 amide bonds. The molecule has 146 valence electrons. The van der Waals surface area contributed by atoms with Crippen molar-refractivity contribution in [3.63, 3.8) is 0 Å². The number of carbonyl (C=O) groups is 1. The number of carbonyl (C=O) groups excluding carboxylic acids is 1. The summed E-state index contributed by atoms with van der Waals surface area (Å²) in [6, 6.07) is 12.0. The van der Waals surface area contributed by atoms with Gasteiger partial charge in [-0.15, -0.1) is 0 Å². The molecule has 0 saturated heterocycles. The SMILES string of the molecule is O=C(CSc1ncc(CO)n1Cc1ccc(F)cc1)NCc1ccc(F)cc1. The summed E-state index contributed by atoms with van der Waals surface area (Å²) in [5.41, 5.74) is 2.27. The van der Waals surface area contributed by atoms with Crippen LogP contribution < -0.4 is 5.32 Å². The molecule has 0 aliphatic carbocycles. The maximum Gasteiger partial charge on any atom is 0.230 e. The normalized spacial score (nSPS) is 10.8. The van der Waals surface area contributed by atoms with Gasteiger partial charge < -0.3 is 15.0 Å². The number of amides is 1. The van der Waals surface area contributed by atoms with Crippen molar-refractivity contribution < 1.29 is 18.7 Å². The van der Waals surface area contributed by atoms with Crippen LogP contribution in [0.2, 0.25) is 0 Å². The third-order valence-corrected chi connectivity index (χ3v) is 5.04. The fourth-order valence-corrected chi connectivity index (χ4v) is 3.39. The zero-order chi connectivity index (χ0) is 19.9. The molecule has 1 heterocycles. The van der Waals surface area contributed by atoms with Crippen molar-refractivity contribution in [1.29, 1.82) is 0 Å². The number of aromatic nitrogens is 2. The number of benzene rings is 2. The monoisotopic (exact) mass is 403 g/mol. The number of halogens is 2.